The van der Waals surface area contributed by atoms with E-state index in [-0.39, 0.29) is 27.3 Å². The second-order valence-electron chi connectivity index (χ2n) is 5.50. The Labute approximate surface area is 154 Å². The van der Waals surface area contributed by atoms with Crippen molar-refractivity contribution >= 4 is 78.1 Å². The minimum absolute atomic E-state index is 0.186. The Morgan fingerprint density at radius 3 is 1.67 bits per heavy atom. The van der Waals surface area contributed by atoms with Crippen LogP contribution in [0.25, 0.3) is 22.3 Å². The summed E-state index contributed by atoms with van der Waals surface area (Å²) in [6.07, 6.45) is 0. The first-order valence-electron chi connectivity index (χ1n) is 7.28. The number of hydrogen-bond acceptors (Lipinski definition) is 0. The zero-order chi connectivity index (χ0) is 17.4. The van der Waals surface area contributed by atoms with Gasteiger partial charge in [-0.15, -0.1) is 16.4 Å². The average Bonchev–Trinajstić information content (AvgIpc) is 2.60. The molecular weight excluding hydrogens is 306 g/mol. The second kappa shape index (κ2) is 6.65. The second-order valence-corrected chi connectivity index (χ2v) is 5.91. The molecule has 0 unspecified atom stereocenters. The van der Waals surface area contributed by atoms with Gasteiger partial charge < -0.3 is 0 Å². The molecule has 24 heavy (non-hydrogen) atoms. The Balaban J connectivity index is 2.19. The Morgan fingerprint density at radius 1 is 0.583 bits per heavy atom. The first kappa shape index (κ1) is 17.1. The maximum Gasteiger partial charge on any atom is 0.113 e. The summed E-state index contributed by atoms with van der Waals surface area (Å²) >= 11 is 6.48. The van der Waals surface area contributed by atoms with E-state index in [1.54, 1.807) is 0 Å². The van der Waals surface area contributed by atoms with Gasteiger partial charge in [0.2, 0.25) is 0 Å². The minimum atomic E-state index is 0.186. The van der Waals surface area contributed by atoms with Gasteiger partial charge in [-0.1, -0.05) is 65.0 Å². The van der Waals surface area contributed by atoms with Crippen LogP contribution in [-0.2, 0) is 0 Å². The summed E-state index contributed by atoms with van der Waals surface area (Å²) in [5.41, 5.74) is 4.35. The van der Waals surface area contributed by atoms with E-state index in [1.165, 1.54) is 0 Å². The quantitative estimate of drug-likeness (QED) is 0.567. The molecule has 3 rings (SSSR count). The molecule has 0 fully saturated rings. The molecule has 3 aromatic carbocycles. The number of benzene rings is 3. The summed E-state index contributed by atoms with van der Waals surface area (Å²) in [7, 11) is 29.9. The van der Waals surface area contributed by atoms with Crippen LogP contribution in [0.4, 0.5) is 0 Å². The van der Waals surface area contributed by atoms with E-state index in [1.807, 2.05) is 48.5 Å². The highest BCUT2D eigenvalue weighted by Gasteiger charge is 2.14. The van der Waals surface area contributed by atoms with Crippen LogP contribution in [0.3, 0.4) is 0 Å². The number of hydrogen-bond donors (Lipinski definition) is 0. The summed E-state index contributed by atoms with van der Waals surface area (Å²) in [5.74, 6) is 0. The molecule has 10 radical (unpaired) electrons. The van der Waals surface area contributed by atoms with Crippen molar-refractivity contribution in [2.45, 2.75) is 0 Å². The van der Waals surface area contributed by atoms with E-state index in [4.69, 9.17) is 50.8 Å². The zero-order valence-corrected chi connectivity index (χ0v) is 13.6. The molecule has 0 heterocycles. The number of rotatable bonds is 2. The molecular formula is C18H8B5Cl. The molecule has 3 aromatic rings. The molecule has 0 N–H and O–H groups in total. The molecule has 0 nitrogen and oxygen atoms in total. The van der Waals surface area contributed by atoms with Crippen LogP contribution < -0.4 is 27.3 Å². The molecule has 0 aliphatic carbocycles. The largest absolute Gasteiger partial charge is 0.113 e. The van der Waals surface area contributed by atoms with Crippen molar-refractivity contribution in [1.29, 1.82) is 0 Å². The molecule has 0 aromatic heterocycles. The molecule has 0 bridgehead atoms. The summed E-state index contributed by atoms with van der Waals surface area (Å²) < 4.78 is 0. The predicted molar refractivity (Wildman–Crippen MR) is 109 cm³/mol. The first-order chi connectivity index (χ1) is 11.4. The lowest BCUT2D eigenvalue weighted by molar-refractivity contribution is 1.61. The Hall–Kier alpha value is -1.73. The van der Waals surface area contributed by atoms with Gasteiger partial charge in [0.05, 0.1) is 0 Å². The van der Waals surface area contributed by atoms with Crippen LogP contribution in [0.5, 0.6) is 0 Å². The van der Waals surface area contributed by atoms with Gasteiger partial charge in [-0.3, -0.25) is 0 Å². The van der Waals surface area contributed by atoms with Gasteiger partial charge in [0.25, 0.3) is 0 Å². The van der Waals surface area contributed by atoms with Crippen LogP contribution in [0.15, 0.2) is 48.5 Å². The standard InChI is InChI=1S/C18H8B5Cl/c19-14-13(15(20)17(22)18(23)16(14)21)11-7-6-10(8-12(11)24)9-4-2-1-3-5-9/h1-8H. The van der Waals surface area contributed by atoms with Crippen LogP contribution in [0, 0.1) is 0 Å². The highest BCUT2D eigenvalue weighted by molar-refractivity contribution is 6.68. The topological polar surface area (TPSA) is 0 Å². The van der Waals surface area contributed by atoms with E-state index in [9.17, 15) is 0 Å². The Bertz CT molecular complexity index is 893. The SMILES string of the molecule is [B]c1c([B])c([B])c(-c2ccc(-c3ccccc3)cc2Cl)c([B])c1[B]. The van der Waals surface area contributed by atoms with Gasteiger partial charge in [0, 0.05) is 5.02 Å². The van der Waals surface area contributed by atoms with Gasteiger partial charge in [-0.2, -0.15) is 0 Å². The highest BCUT2D eigenvalue weighted by atomic mass is 35.5. The summed E-state index contributed by atoms with van der Waals surface area (Å²) in [6, 6.07) is 15.6. The van der Waals surface area contributed by atoms with Gasteiger partial charge in [-0.25, -0.2) is 0 Å². The van der Waals surface area contributed by atoms with Crippen LogP contribution in [0.2, 0.25) is 5.02 Å². The molecule has 0 saturated heterocycles. The average molecular weight is 314 g/mol. The van der Waals surface area contributed by atoms with Crippen molar-refractivity contribution in [2.24, 2.45) is 0 Å². The molecule has 102 valence electrons. The summed E-state index contributed by atoms with van der Waals surface area (Å²) in [4.78, 5) is 0. The van der Waals surface area contributed by atoms with Crippen molar-refractivity contribution in [3.63, 3.8) is 0 Å². The van der Waals surface area contributed by atoms with Crippen molar-refractivity contribution in [3.8, 4) is 22.3 Å². The molecule has 0 aliphatic heterocycles. The molecule has 0 saturated carbocycles. The lowest BCUT2D eigenvalue weighted by Crippen LogP contribution is -2.55. The third kappa shape index (κ3) is 2.86. The van der Waals surface area contributed by atoms with E-state index in [2.05, 4.69) is 0 Å². The lowest BCUT2D eigenvalue weighted by Gasteiger charge is -2.22. The highest BCUT2D eigenvalue weighted by Crippen LogP contribution is 2.30. The number of halogens is 1. The van der Waals surface area contributed by atoms with Gasteiger partial charge >= 0.3 is 0 Å². The van der Waals surface area contributed by atoms with E-state index >= 15 is 0 Å². The van der Waals surface area contributed by atoms with E-state index in [0.717, 1.165) is 11.1 Å². The fraction of sp³-hybridized carbons (Fsp3) is 0. The maximum atomic E-state index is 6.48. The molecule has 0 spiro atoms. The molecule has 0 aliphatic rings. The Morgan fingerprint density at radius 2 is 1.12 bits per heavy atom. The summed E-state index contributed by atoms with van der Waals surface area (Å²) in [6.45, 7) is 0. The van der Waals surface area contributed by atoms with Crippen molar-refractivity contribution in [1.82, 2.24) is 0 Å². The summed E-state index contributed by atoms with van der Waals surface area (Å²) in [5, 5.41) is 0.498. The zero-order valence-electron chi connectivity index (χ0n) is 12.9. The van der Waals surface area contributed by atoms with Gasteiger partial charge in [0.1, 0.15) is 39.2 Å². The normalized spacial score (nSPS) is 10.7. The van der Waals surface area contributed by atoms with E-state index < -0.39 is 0 Å². The van der Waals surface area contributed by atoms with Crippen LogP contribution in [-0.4, -0.2) is 39.2 Å². The monoisotopic (exact) mass is 314 g/mol. The molecule has 6 heteroatoms. The molecule has 0 amide bonds. The fourth-order valence-electron chi connectivity index (χ4n) is 2.67. The first-order valence-corrected chi connectivity index (χ1v) is 7.66. The smallest absolute Gasteiger partial charge is 0.112 e. The fourth-order valence-corrected chi connectivity index (χ4v) is 2.94. The van der Waals surface area contributed by atoms with Gasteiger partial charge in [-0.05, 0) is 28.3 Å². The minimum Gasteiger partial charge on any atom is -0.112 e. The predicted octanol–water partition coefficient (Wildman–Crippen LogP) is -0.357. The third-order valence-electron chi connectivity index (χ3n) is 4.04. The lowest BCUT2D eigenvalue weighted by atomic mass is 9.59. The Kier molecular flexibility index (Phi) is 4.74. The van der Waals surface area contributed by atoms with Crippen molar-refractivity contribution in [3.05, 3.63) is 53.6 Å². The van der Waals surface area contributed by atoms with Crippen molar-refractivity contribution < 1.29 is 0 Å². The van der Waals surface area contributed by atoms with E-state index in [0.29, 0.717) is 16.1 Å². The molecule has 0 atom stereocenters. The third-order valence-corrected chi connectivity index (χ3v) is 4.36. The van der Waals surface area contributed by atoms with Gasteiger partial charge in [0.15, 0.2) is 0 Å². The maximum absolute atomic E-state index is 6.48. The van der Waals surface area contributed by atoms with Crippen molar-refractivity contribution in [2.75, 3.05) is 0 Å². The van der Waals surface area contributed by atoms with Crippen LogP contribution >= 0.6 is 11.6 Å². The van der Waals surface area contributed by atoms with Crippen LogP contribution in [0.1, 0.15) is 0 Å².